The van der Waals surface area contributed by atoms with E-state index in [1.54, 1.807) is 59.3 Å². The first kappa shape index (κ1) is 24.1. The van der Waals surface area contributed by atoms with Crippen LogP contribution in [0.4, 0.5) is 0 Å². The molecule has 0 fully saturated rings. The minimum Gasteiger partial charge on any atom is -0.437 e. The lowest BCUT2D eigenvalue weighted by atomic mass is 10.1. The van der Waals surface area contributed by atoms with E-state index < -0.39 is 9.84 Å². The molecule has 0 saturated heterocycles. The minimum atomic E-state index is -3.39. The van der Waals surface area contributed by atoms with Crippen molar-refractivity contribution in [3.05, 3.63) is 95.2 Å². The highest BCUT2D eigenvalue weighted by molar-refractivity contribution is 7.90. The average Bonchev–Trinajstić information content (AvgIpc) is 3.55. The summed E-state index contributed by atoms with van der Waals surface area (Å²) in [5.41, 5.74) is 2.32. The van der Waals surface area contributed by atoms with Gasteiger partial charge in [0, 0.05) is 18.0 Å². The number of pyridine rings is 1. The zero-order valence-electron chi connectivity index (χ0n) is 19.3. The number of hydrogen-bond donors (Lipinski definition) is 0. The van der Waals surface area contributed by atoms with Crippen LogP contribution in [-0.4, -0.2) is 39.4 Å². The highest BCUT2D eigenvalue weighted by Gasteiger charge is 2.18. The zero-order chi connectivity index (χ0) is 26.0. The van der Waals surface area contributed by atoms with Gasteiger partial charge in [-0.2, -0.15) is 5.26 Å². The third kappa shape index (κ3) is 5.04. The van der Waals surface area contributed by atoms with Gasteiger partial charge in [0.05, 0.1) is 33.4 Å². The van der Waals surface area contributed by atoms with Crippen LogP contribution in [0, 0.1) is 11.3 Å². The number of nitriles is 1. The molecular formula is C26H17ClN6O3S. The van der Waals surface area contributed by atoms with Gasteiger partial charge in [0.15, 0.2) is 21.5 Å². The summed E-state index contributed by atoms with van der Waals surface area (Å²) in [7, 11) is -3.39. The average molecular weight is 529 g/mol. The van der Waals surface area contributed by atoms with Gasteiger partial charge in [-0.1, -0.05) is 23.7 Å². The van der Waals surface area contributed by atoms with Crippen LogP contribution in [0.15, 0.2) is 82.4 Å². The van der Waals surface area contributed by atoms with Crippen LogP contribution in [0.5, 0.6) is 0 Å². The molecule has 182 valence electrons. The highest BCUT2D eigenvalue weighted by atomic mass is 35.5. The van der Waals surface area contributed by atoms with Gasteiger partial charge in [-0.3, -0.25) is 9.55 Å². The topological polar surface area (TPSA) is 128 Å². The van der Waals surface area contributed by atoms with Crippen molar-refractivity contribution in [2.24, 2.45) is 0 Å². The molecule has 0 spiro atoms. The Bertz CT molecular complexity index is 1770. The first-order chi connectivity index (χ1) is 17.8. The van der Waals surface area contributed by atoms with Gasteiger partial charge in [0.1, 0.15) is 11.5 Å². The maximum atomic E-state index is 11.8. The first-order valence-corrected chi connectivity index (χ1v) is 13.1. The van der Waals surface area contributed by atoms with Crippen molar-refractivity contribution in [3.8, 4) is 34.7 Å². The lowest BCUT2D eigenvalue weighted by Crippen LogP contribution is -2.03. The zero-order valence-corrected chi connectivity index (χ0v) is 20.8. The third-order valence-electron chi connectivity index (χ3n) is 5.36. The van der Waals surface area contributed by atoms with Gasteiger partial charge in [-0.05, 0) is 60.7 Å². The summed E-state index contributed by atoms with van der Waals surface area (Å²) in [5, 5.41) is 18.0. The SMILES string of the molecule is CS(=O)(=O)c1ccc(-c2nnc(/C=C/c3cnc(-c4ccc(C#N)cc4)o3)n2-c2ccccc2Cl)nc1. The molecule has 3 aromatic heterocycles. The standard InChI is InChI=1S/C26H17ClN6O3S/c1-37(34,35)20-11-12-22(29-16-20)25-32-31-24(33(25)23-5-3-2-4-21(23)27)13-10-19-15-30-26(36-19)18-8-6-17(14-28)7-9-18/h2-13,15-16H,1H3/b13-10+. The molecule has 11 heteroatoms. The number of nitrogens with zero attached hydrogens (tertiary/aromatic N) is 6. The Morgan fingerprint density at radius 3 is 2.43 bits per heavy atom. The molecule has 2 aromatic carbocycles. The van der Waals surface area contributed by atoms with Crippen molar-refractivity contribution >= 4 is 33.6 Å². The number of hydrogen-bond acceptors (Lipinski definition) is 8. The molecular weight excluding hydrogens is 512 g/mol. The van der Waals surface area contributed by atoms with Crippen LogP contribution in [0.1, 0.15) is 17.1 Å². The largest absolute Gasteiger partial charge is 0.437 e. The van der Waals surface area contributed by atoms with Crippen LogP contribution in [-0.2, 0) is 9.84 Å². The molecule has 37 heavy (non-hydrogen) atoms. The number of benzene rings is 2. The highest BCUT2D eigenvalue weighted by Crippen LogP contribution is 2.28. The van der Waals surface area contributed by atoms with Crippen LogP contribution in [0.2, 0.25) is 5.02 Å². The number of oxazole rings is 1. The van der Waals surface area contributed by atoms with Gasteiger partial charge in [0.25, 0.3) is 0 Å². The molecule has 0 saturated carbocycles. The lowest BCUT2D eigenvalue weighted by molar-refractivity contribution is 0.565. The van der Waals surface area contributed by atoms with Crippen molar-refractivity contribution in [2.45, 2.75) is 4.90 Å². The van der Waals surface area contributed by atoms with E-state index in [2.05, 4.69) is 26.2 Å². The second kappa shape index (κ2) is 9.81. The second-order valence-corrected chi connectivity index (χ2v) is 10.3. The Kier molecular flexibility index (Phi) is 6.40. The molecule has 9 nitrogen and oxygen atoms in total. The predicted octanol–water partition coefficient (Wildman–Crippen LogP) is 5.08. The van der Waals surface area contributed by atoms with Crippen LogP contribution < -0.4 is 0 Å². The number of para-hydroxylation sites is 1. The molecule has 0 aliphatic rings. The lowest BCUT2D eigenvalue weighted by Gasteiger charge is -2.10. The Morgan fingerprint density at radius 1 is 0.973 bits per heavy atom. The first-order valence-electron chi connectivity index (χ1n) is 10.8. The Labute approximate surface area is 217 Å². The Hall–Kier alpha value is -4.59. The molecule has 0 radical (unpaired) electrons. The van der Waals surface area contributed by atoms with E-state index in [0.29, 0.717) is 45.3 Å². The van der Waals surface area contributed by atoms with Gasteiger partial charge >= 0.3 is 0 Å². The maximum Gasteiger partial charge on any atom is 0.226 e. The molecule has 0 unspecified atom stereocenters. The summed E-state index contributed by atoms with van der Waals surface area (Å²) in [6.07, 6.45) is 7.38. The van der Waals surface area contributed by atoms with Crippen molar-refractivity contribution in [2.75, 3.05) is 6.26 Å². The number of sulfone groups is 1. The molecule has 0 atom stereocenters. The summed E-state index contributed by atoms with van der Waals surface area (Å²) in [5.74, 6) is 1.70. The van der Waals surface area contributed by atoms with E-state index in [4.69, 9.17) is 21.3 Å². The summed E-state index contributed by atoms with van der Waals surface area (Å²) in [6, 6.07) is 19.2. The van der Waals surface area contributed by atoms with Crippen molar-refractivity contribution in [3.63, 3.8) is 0 Å². The summed E-state index contributed by atoms with van der Waals surface area (Å²) in [6.45, 7) is 0. The summed E-state index contributed by atoms with van der Waals surface area (Å²) in [4.78, 5) is 8.70. The molecule has 5 rings (SSSR count). The molecule has 0 bridgehead atoms. The summed E-state index contributed by atoms with van der Waals surface area (Å²) < 4.78 is 31.2. The molecule has 3 heterocycles. The van der Waals surface area contributed by atoms with E-state index in [0.717, 1.165) is 11.8 Å². The normalized spacial score (nSPS) is 11.6. The molecule has 0 N–H and O–H groups in total. The van der Waals surface area contributed by atoms with Crippen LogP contribution in [0.25, 0.3) is 40.8 Å². The second-order valence-electron chi connectivity index (χ2n) is 7.91. The Balaban J connectivity index is 1.52. The molecule has 0 aliphatic carbocycles. The summed E-state index contributed by atoms with van der Waals surface area (Å²) >= 11 is 6.49. The van der Waals surface area contributed by atoms with Crippen LogP contribution >= 0.6 is 11.6 Å². The number of aromatic nitrogens is 5. The fourth-order valence-corrected chi connectivity index (χ4v) is 4.29. The van der Waals surface area contributed by atoms with Gasteiger partial charge in [-0.15, -0.1) is 10.2 Å². The van der Waals surface area contributed by atoms with E-state index in [1.807, 2.05) is 18.2 Å². The number of halogens is 1. The third-order valence-corrected chi connectivity index (χ3v) is 6.77. The van der Waals surface area contributed by atoms with Crippen molar-refractivity contribution in [1.82, 2.24) is 24.7 Å². The Morgan fingerprint density at radius 2 is 1.76 bits per heavy atom. The van der Waals surface area contributed by atoms with Crippen LogP contribution in [0.3, 0.4) is 0 Å². The van der Waals surface area contributed by atoms with Crippen molar-refractivity contribution in [1.29, 1.82) is 5.26 Å². The molecule has 0 aliphatic heterocycles. The fraction of sp³-hybridized carbons (Fsp3) is 0.0385. The fourth-order valence-electron chi connectivity index (χ4n) is 3.51. The monoisotopic (exact) mass is 528 g/mol. The maximum absolute atomic E-state index is 11.8. The number of rotatable bonds is 6. The quantitative estimate of drug-likeness (QED) is 0.298. The van der Waals surface area contributed by atoms with Gasteiger partial charge < -0.3 is 4.42 Å². The minimum absolute atomic E-state index is 0.101. The van der Waals surface area contributed by atoms with E-state index in [1.165, 1.54) is 12.3 Å². The molecule has 5 aromatic rings. The van der Waals surface area contributed by atoms with Crippen molar-refractivity contribution < 1.29 is 12.8 Å². The smallest absolute Gasteiger partial charge is 0.226 e. The molecule has 0 amide bonds. The van der Waals surface area contributed by atoms with E-state index in [-0.39, 0.29) is 4.90 Å². The van der Waals surface area contributed by atoms with Gasteiger partial charge in [0.2, 0.25) is 5.89 Å². The van der Waals surface area contributed by atoms with Gasteiger partial charge in [-0.25, -0.2) is 13.4 Å². The predicted molar refractivity (Wildman–Crippen MR) is 138 cm³/mol. The van der Waals surface area contributed by atoms with E-state index >= 15 is 0 Å². The van der Waals surface area contributed by atoms with E-state index in [9.17, 15) is 8.42 Å².